The third-order valence-electron chi connectivity index (χ3n) is 3.48. The summed E-state index contributed by atoms with van der Waals surface area (Å²) < 4.78 is 5.34. The molecule has 21 heavy (non-hydrogen) atoms. The molecule has 0 radical (unpaired) electrons. The zero-order valence-electron chi connectivity index (χ0n) is 12.2. The molecule has 0 aromatic heterocycles. The Morgan fingerprint density at radius 1 is 1.29 bits per heavy atom. The molecule has 116 valence electrons. The Morgan fingerprint density at radius 3 is 2.43 bits per heavy atom. The smallest absolute Gasteiger partial charge is 0.327 e. The number of hydrogen-bond acceptors (Lipinski definition) is 4. The molecule has 4 unspecified atom stereocenters. The van der Waals surface area contributed by atoms with Crippen molar-refractivity contribution in [3.8, 4) is 0 Å². The van der Waals surface area contributed by atoms with Crippen molar-refractivity contribution in [2.45, 2.75) is 31.7 Å². The zero-order chi connectivity index (χ0) is 15.8. The molecular formula is C16H22O5. The molecular weight excluding hydrogens is 272 g/mol. The van der Waals surface area contributed by atoms with E-state index in [0.29, 0.717) is 0 Å². The molecule has 0 aliphatic rings. The van der Waals surface area contributed by atoms with Gasteiger partial charge >= 0.3 is 5.97 Å². The summed E-state index contributed by atoms with van der Waals surface area (Å²) in [5.74, 6) is -1.52. The van der Waals surface area contributed by atoms with Gasteiger partial charge in [-0.05, 0) is 12.0 Å². The number of carbonyl (C=O) groups is 1. The van der Waals surface area contributed by atoms with Crippen LogP contribution in [0.3, 0.4) is 0 Å². The summed E-state index contributed by atoms with van der Waals surface area (Å²) >= 11 is 0. The molecule has 5 heteroatoms. The van der Waals surface area contributed by atoms with Crippen LogP contribution < -0.4 is 0 Å². The first kappa shape index (κ1) is 17.4. The van der Waals surface area contributed by atoms with Crippen LogP contribution in [-0.4, -0.2) is 40.6 Å². The van der Waals surface area contributed by atoms with E-state index in [1.165, 1.54) is 13.2 Å². The van der Waals surface area contributed by atoms with E-state index in [9.17, 15) is 15.0 Å². The van der Waals surface area contributed by atoms with Crippen LogP contribution in [0.25, 0.3) is 0 Å². The molecule has 0 bridgehead atoms. The Balaban J connectivity index is 2.70. The van der Waals surface area contributed by atoms with E-state index >= 15 is 0 Å². The van der Waals surface area contributed by atoms with Gasteiger partial charge < -0.3 is 20.1 Å². The number of aliphatic hydroxyl groups is 2. The molecule has 0 saturated heterocycles. The van der Waals surface area contributed by atoms with Crippen molar-refractivity contribution >= 4 is 5.97 Å². The zero-order valence-corrected chi connectivity index (χ0v) is 12.2. The van der Waals surface area contributed by atoms with Crippen LogP contribution >= 0.6 is 0 Å². The molecule has 1 aromatic rings. The Bertz CT molecular complexity index is 457. The standard InChI is InChI=1S/C16H22O5/c1-11(13(17)9-6-10-14(18)19)15(20)16(21-2)12-7-4-3-5-8-12/h3-8,10-11,13,15-17,20H,9H2,1-2H3,(H,18,19)/b10-6+. The van der Waals surface area contributed by atoms with E-state index in [1.54, 1.807) is 6.92 Å². The molecule has 5 nitrogen and oxygen atoms in total. The van der Waals surface area contributed by atoms with Gasteiger partial charge in [0.25, 0.3) is 0 Å². The van der Waals surface area contributed by atoms with Crippen molar-refractivity contribution in [3.63, 3.8) is 0 Å². The number of rotatable bonds is 8. The van der Waals surface area contributed by atoms with Crippen molar-refractivity contribution in [3.05, 3.63) is 48.0 Å². The first-order chi connectivity index (χ1) is 9.97. The monoisotopic (exact) mass is 294 g/mol. The quantitative estimate of drug-likeness (QED) is 0.636. The van der Waals surface area contributed by atoms with Crippen LogP contribution in [0, 0.1) is 5.92 Å². The highest BCUT2D eigenvalue weighted by molar-refractivity contribution is 5.79. The third-order valence-corrected chi connectivity index (χ3v) is 3.48. The first-order valence-electron chi connectivity index (χ1n) is 6.80. The SMILES string of the molecule is COC(c1ccccc1)C(O)C(C)C(O)C/C=C/C(=O)O. The fourth-order valence-corrected chi connectivity index (χ4v) is 2.14. The average molecular weight is 294 g/mol. The highest BCUT2D eigenvalue weighted by Crippen LogP contribution is 2.27. The van der Waals surface area contributed by atoms with Gasteiger partial charge in [-0.15, -0.1) is 0 Å². The summed E-state index contributed by atoms with van der Waals surface area (Å²) in [7, 11) is 1.50. The topological polar surface area (TPSA) is 87.0 Å². The summed E-state index contributed by atoms with van der Waals surface area (Å²) in [6, 6.07) is 9.27. The Labute approximate surface area is 124 Å². The maximum Gasteiger partial charge on any atom is 0.327 e. The van der Waals surface area contributed by atoms with Gasteiger partial charge in [-0.25, -0.2) is 4.79 Å². The number of carboxylic acids is 1. The van der Waals surface area contributed by atoms with Crippen molar-refractivity contribution in [1.29, 1.82) is 0 Å². The molecule has 0 heterocycles. The second-order valence-electron chi connectivity index (χ2n) is 4.96. The van der Waals surface area contributed by atoms with Gasteiger partial charge in [0.2, 0.25) is 0 Å². The molecule has 1 aromatic carbocycles. The minimum Gasteiger partial charge on any atom is -0.478 e. The van der Waals surface area contributed by atoms with Gasteiger partial charge in [-0.2, -0.15) is 0 Å². The third kappa shape index (κ3) is 5.30. The second-order valence-corrected chi connectivity index (χ2v) is 4.96. The highest BCUT2D eigenvalue weighted by Gasteiger charge is 2.30. The Hall–Kier alpha value is -1.69. The molecule has 0 aliphatic carbocycles. The molecule has 1 rings (SSSR count). The number of hydrogen-bond donors (Lipinski definition) is 3. The van der Waals surface area contributed by atoms with Crippen molar-refractivity contribution in [1.82, 2.24) is 0 Å². The highest BCUT2D eigenvalue weighted by atomic mass is 16.5. The fourth-order valence-electron chi connectivity index (χ4n) is 2.14. The molecule has 0 spiro atoms. The minimum absolute atomic E-state index is 0.162. The molecule has 3 N–H and O–H groups in total. The van der Waals surface area contributed by atoms with Crippen LogP contribution in [-0.2, 0) is 9.53 Å². The number of ether oxygens (including phenoxy) is 1. The van der Waals surface area contributed by atoms with Gasteiger partial charge in [0.15, 0.2) is 0 Å². The normalized spacial score (nSPS) is 17.3. The van der Waals surface area contributed by atoms with Crippen LogP contribution in [0.15, 0.2) is 42.5 Å². The minimum atomic E-state index is -1.06. The summed E-state index contributed by atoms with van der Waals surface area (Å²) in [4.78, 5) is 10.4. The summed E-state index contributed by atoms with van der Waals surface area (Å²) in [5, 5.41) is 28.9. The van der Waals surface area contributed by atoms with E-state index < -0.39 is 30.2 Å². The van der Waals surface area contributed by atoms with Crippen LogP contribution in [0.4, 0.5) is 0 Å². The van der Waals surface area contributed by atoms with Crippen LogP contribution in [0.2, 0.25) is 0 Å². The summed E-state index contributed by atoms with van der Waals surface area (Å²) in [6.45, 7) is 1.71. The number of benzene rings is 1. The molecule has 0 aliphatic heterocycles. The van der Waals surface area contributed by atoms with E-state index in [0.717, 1.165) is 11.6 Å². The average Bonchev–Trinajstić information content (AvgIpc) is 2.47. The largest absolute Gasteiger partial charge is 0.478 e. The van der Waals surface area contributed by atoms with Crippen LogP contribution in [0.1, 0.15) is 25.0 Å². The van der Waals surface area contributed by atoms with Crippen molar-refractivity contribution in [2.24, 2.45) is 5.92 Å². The number of methoxy groups -OCH3 is 1. The maximum atomic E-state index is 10.4. The lowest BCUT2D eigenvalue weighted by atomic mass is 9.89. The van der Waals surface area contributed by atoms with Gasteiger partial charge in [-0.1, -0.05) is 43.3 Å². The van der Waals surface area contributed by atoms with Crippen molar-refractivity contribution < 1.29 is 24.9 Å². The van der Waals surface area contributed by atoms with Crippen LogP contribution in [0.5, 0.6) is 0 Å². The van der Waals surface area contributed by atoms with Crippen molar-refractivity contribution in [2.75, 3.05) is 7.11 Å². The maximum absolute atomic E-state index is 10.4. The molecule has 0 amide bonds. The van der Waals surface area contributed by atoms with Gasteiger partial charge in [0, 0.05) is 19.1 Å². The van der Waals surface area contributed by atoms with Gasteiger partial charge in [-0.3, -0.25) is 0 Å². The van der Waals surface area contributed by atoms with E-state index in [-0.39, 0.29) is 6.42 Å². The first-order valence-corrected chi connectivity index (χ1v) is 6.80. The predicted octanol–water partition coefficient (Wildman–Crippen LogP) is 1.76. The summed E-state index contributed by atoms with van der Waals surface area (Å²) in [6.07, 6.45) is 0.228. The second kappa shape index (κ2) is 8.56. The predicted molar refractivity (Wildman–Crippen MR) is 78.8 cm³/mol. The fraction of sp³-hybridized carbons (Fsp3) is 0.438. The van der Waals surface area contributed by atoms with Gasteiger partial charge in [0.05, 0.1) is 12.2 Å². The lowest BCUT2D eigenvalue weighted by Gasteiger charge is -2.29. The lowest BCUT2D eigenvalue weighted by molar-refractivity contribution is -0.131. The number of aliphatic hydroxyl groups excluding tert-OH is 2. The number of carboxylic acid groups (broad SMARTS) is 1. The molecule has 0 fully saturated rings. The van der Waals surface area contributed by atoms with E-state index in [1.807, 2.05) is 30.3 Å². The lowest BCUT2D eigenvalue weighted by Crippen LogP contribution is -2.34. The van der Waals surface area contributed by atoms with Gasteiger partial charge in [0.1, 0.15) is 6.10 Å². The van der Waals surface area contributed by atoms with E-state index in [2.05, 4.69) is 0 Å². The number of aliphatic carboxylic acids is 1. The summed E-state index contributed by atoms with van der Waals surface area (Å²) in [5.41, 5.74) is 0.827. The molecule has 4 atom stereocenters. The van der Waals surface area contributed by atoms with E-state index in [4.69, 9.17) is 9.84 Å². The molecule has 0 saturated carbocycles. The Kier molecular flexibility index (Phi) is 7.08. The Morgan fingerprint density at radius 2 is 1.90 bits per heavy atom.